The molecule has 0 radical (unpaired) electrons. The first-order valence-electron chi connectivity index (χ1n) is 6.54. The molecule has 1 fully saturated rings. The number of hydrogen-bond donors (Lipinski definition) is 1. The highest BCUT2D eigenvalue weighted by atomic mass is 35.5. The second kappa shape index (κ2) is 5.56. The lowest BCUT2D eigenvalue weighted by Gasteiger charge is -2.14. The third-order valence-electron chi connectivity index (χ3n) is 3.46. The van der Waals surface area contributed by atoms with E-state index in [9.17, 15) is 4.79 Å². The molecular formula is C15H15ClN2OS. The molecule has 0 spiro atoms. The van der Waals surface area contributed by atoms with Crippen LogP contribution in [0, 0.1) is 0 Å². The van der Waals surface area contributed by atoms with Gasteiger partial charge in [0.2, 0.25) is 0 Å². The molecule has 0 aliphatic carbocycles. The molecule has 5 heteroatoms. The van der Waals surface area contributed by atoms with Crippen molar-refractivity contribution in [3.05, 3.63) is 46.3 Å². The lowest BCUT2D eigenvalue weighted by molar-refractivity contribution is 0.0795. The number of halogens is 1. The Labute approximate surface area is 127 Å². The van der Waals surface area contributed by atoms with Gasteiger partial charge in [0.1, 0.15) is 0 Å². The van der Waals surface area contributed by atoms with Crippen LogP contribution in [0.1, 0.15) is 16.1 Å². The Hall–Kier alpha value is -1.36. The largest absolute Gasteiger partial charge is 0.336 e. The van der Waals surface area contributed by atoms with Crippen LogP contribution >= 0.6 is 22.9 Å². The van der Waals surface area contributed by atoms with Crippen molar-refractivity contribution in [2.75, 3.05) is 13.1 Å². The van der Waals surface area contributed by atoms with Gasteiger partial charge in [0.05, 0.1) is 4.88 Å². The molecule has 1 aromatic carbocycles. The van der Waals surface area contributed by atoms with Gasteiger partial charge in [-0.25, -0.2) is 0 Å². The van der Waals surface area contributed by atoms with Gasteiger partial charge in [0.15, 0.2) is 0 Å². The third kappa shape index (κ3) is 2.73. The minimum Gasteiger partial charge on any atom is -0.336 e. The number of carbonyl (C=O) groups excluding carboxylic acids is 1. The molecule has 2 heterocycles. The smallest absolute Gasteiger partial charge is 0.263 e. The van der Waals surface area contributed by atoms with Gasteiger partial charge in [-0.15, -0.1) is 11.3 Å². The van der Waals surface area contributed by atoms with Crippen LogP contribution < -0.4 is 5.73 Å². The van der Waals surface area contributed by atoms with Gasteiger partial charge in [-0.2, -0.15) is 0 Å². The van der Waals surface area contributed by atoms with Gasteiger partial charge in [0.25, 0.3) is 5.91 Å². The van der Waals surface area contributed by atoms with Gasteiger partial charge >= 0.3 is 0 Å². The Morgan fingerprint density at radius 3 is 2.65 bits per heavy atom. The van der Waals surface area contributed by atoms with E-state index in [1.54, 1.807) is 0 Å². The number of nitrogens with zero attached hydrogens (tertiary/aromatic N) is 1. The second-order valence-electron chi connectivity index (χ2n) is 4.97. The number of nitrogens with two attached hydrogens (primary N) is 1. The second-order valence-corrected chi connectivity index (χ2v) is 6.49. The molecule has 2 N–H and O–H groups in total. The maximum atomic E-state index is 12.4. The van der Waals surface area contributed by atoms with Crippen LogP contribution in [0.5, 0.6) is 0 Å². The first-order valence-corrected chi connectivity index (χ1v) is 7.73. The molecule has 2 aromatic rings. The van der Waals surface area contributed by atoms with Gasteiger partial charge in [-0.05, 0) is 36.2 Å². The summed E-state index contributed by atoms with van der Waals surface area (Å²) in [5.74, 6) is 0.0863. The average molecular weight is 307 g/mol. The number of carbonyl (C=O) groups is 1. The number of likely N-dealkylation sites (tertiary alicyclic amines) is 1. The van der Waals surface area contributed by atoms with E-state index in [1.165, 1.54) is 11.3 Å². The molecule has 1 aromatic heterocycles. The van der Waals surface area contributed by atoms with Crippen molar-refractivity contribution in [1.82, 2.24) is 4.90 Å². The highest BCUT2D eigenvalue weighted by Gasteiger charge is 2.25. The monoisotopic (exact) mass is 306 g/mol. The summed E-state index contributed by atoms with van der Waals surface area (Å²) >= 11 is 7.40. The zero-order valence-corrected chi connectivity index (χ0v) is 12.5. The van der Waals surface area contributed by atoms with Gasteiger partial charge in [-0.3, -0.25) is 4.79 Å². The number of benzene rings is 1. The maximum Gasteiger partial charge on any atom is 0.263 e. The van der Waals surface area contributed by atoms with Crippen LogP contribution in [0.15, 0.2) is 36.4 Å². The fraction of sp³-hybridized carbons (Fsp3) is 0.267. The van der Waals surface area contributed by atoms with Crippen molar-refractivity contribution in [3.63, 3.8) is 0 Å². The molecule has 1 amide bonds. The third-order valence-corrected chi connectivity index (χ3v) is 4.83. The lowest BCUT2D eigenvalue weighted by atomic mass is 10.2. The quantitative estimate of drug-likeness (QED) is 0.926. The molecule has 3 nitrogen and oxygen atoms in total. The summed E-state index contributed by atoms with van der Waals surface area (Å²) in [5, 5.41) is 0.715. The molecule has 20 heavy (non-hydrogen) atoms. The van der Waals surface area contributed by atoms with Crippen LogP contribution in [0.3, 0.4) is 0 Å². The van der Waals surface area contributed by atoms with E-state index < -0.39 is 0 Å². The van der Waals surface area contributed by atoms with Crippen LogP contribution in [0.4, 0.5) is 0 Å². The maximum absolute atomic E-state index is 12.4. The van der Waals surface area contributed by atoms with Crippen molar-refractivity contribution in [2.45, 2.75) is 12.5 Å². The summed E-state index contributed by atoms with van der Waals surface area (Å²) < 4.78 is 0. The van der Waals surface area contributed by atoms with E-state index in [4.69, 9.17) is 17.3 Å². The van der Waals surface area contributed by atoms with Crippen LogP contribution in [0.25, 0.3) is 10.4 Å². The molecule has 0 saturated carbocycles. The Kier molecular flexibility index (Phi) is 3.78. The van der Waals surface area contributed by atoms with E-state index in [1.807, 2.05) is 41.3 Å². The predicted molar refractivity (Wildman–Crippen MR) is 83.3 cm³/mol. The SMILES string of the molecule is N[C@@H]1CCN(C(=O)c2ccc(-c3ccc(Cl)cc3)s2)C1. The van der Waals surface area contributed by atoms with E-state index in [-0.39, 0.29) is 11.9 Å². The van der Waals surface area contributed by atoms with Crippen LogP contribution in [-0.2, 0) is 0 Å². The summed E-state index contributed by atoms with van der Waals surface area (Å²) in [6.45, 7) is 1.42. The van der Waals surface area contributed by atoms with Crippen molar-refractivity contribution in [1.29, 1.82) is 0 Å². The molecule has 1 atom stereocenters. The first kappa shape index (κ1) is 13.6. The minimum absolute atomic E-state index is 0.0863. The molecule has 104 valence electrons. The van der Waals surface area contributed by atoms with E-state index in [2.05, 4.69) is 0 Å². The normalized spacial score (nSPS) is 18.5. The predicted octanol–water partition coefficient (Wildman–Crippen LogP) is 3.24. The Morgan fingerprint density at radius 2 is 2.00 bits per heavy atom. The zero-order valence-electron chi connectivity index (χ0n) is 10.9. The molecule has 3 rings (SSSR count). The van der Waals surface area contributed by atoms with E-state index in [0.717, 1.165) is 28.3 Å². The molecule has 1 aliphatic heterocycles. The number of hydrogen-bond acceptors (Lipinski definition) is 3. The number of amides is 1. The molecule has 0 unspecified atom stereocenters. The number of thiophene rings is 1. The standard InChI is InChI=1S/C15H15ClN2OS/c16-11-3-1-10(2-4-11)13-5-6-14(20-13)15(19)18-8-7-12(17)9-18/h1-6,12H,7-9,17H2/t12-/m1/s1. The summed E-state index contributed by atoms with van der Waals surface area (Å²) in [6, 6.07) is 11.6. The van der Waals surface area contributed by atoms with Crippen molar-refractivity contribution in [3.8, 4) is 10.4 Å². The highest BCUT2D eigenvalue weighted by Crippen LogP contribution is 2.30. The molecule has 1 saturated heterocycles. The van der Waals surface area contributed by atoms with Gasteiger partial charge in [0, 0.05) is 29.0 Å². The fourth-order valence-corrected chi connectivity index (χ4v) is 3.46. The van der Waals surface area contributed by atoms with Crippen LogP contribution in [-0.4, -0.2) is 29.9 Å². The average Bonchev–Trinajstić information content (AvgIpc) is 3.08. The highest BCUT2D eigenvalue weighted by molar-refractivity contribution is 7.17. The minimum atomic E-state index is 0.0863. The van der Waals surface area contributed by atoms with Crippen molar-refractivity contribution >= 4 is 28.8 Å². The van der Waals surface area contributed by atoms with Gasteiger partial charge in [-0.1, -0.05) is 23.7 Å². The van der Waals surface area contributed by atoms with E-state index in [0.29, 0.717) is 11.6 Å². The lowest BCUT2D eigenvalue weighted by Crippen LogP contribution is -2.31. The summed E-state index contributed by atoms with van der Waals surface area (Å²) in [7, 11) is 0. The number of rotatable bonds is 2. The van der Waals surface area contributed by atoms with E-state index >= 15 is 0 Å². The van der Waals surface area contributed by atoms with Crippen LogP contribution in [0.2, 0.25) is 5.02 Å². The Morgan fingerprint density at radius 1 is 1.25 bits per heavy atom. The first-order chi connectivity index (χ1) is 9.63. The summed E-state index contributed by atoms with van der Waals surface area (Å²) in [5.41, 5.74) is 6.93. The molecule has 1 aliphatic rings. The Balaban J connectivity index is 1.79. The summed E-state index contributed by atoms with van der Waals surface area (Å²) in [4.78, 5) is 16.0. The van der Waals surface area contributed by atoms with Crippen molar-refractivity contribution < 1.29 is 4.79 Å². The fourth-order valence-electron chi connectivity index (χ4n) is 2.35. The molecular weight excluding hydrogens is 292 g/mol. The molecule has 0 bridgehead atoms. The summed E-state index contributed by atoms with van der Waals surface area (Å²) in [6.07, 6.45) is 0.890. The zero-order chi connectivity index (χ0) is 14.1. The van der Waals surface area contributed by atoms with Gasteiger partial charge < -0.3 is 10.6 Å². The topological polar surface area (TPSA) is 46.3 Å². The Bertz CT molecular complexity index is 623. The van der Waals surface area contributed by atoms with Crippen molar-refractivity contribution in [2.24, 2.45) is 5.73 Å².